The van der Waals surface area contributed by atoms with Gasteiger partial charge in [0, 0.05) is 25.2 Å². The standard InChI is InChI=1S/C13H28N4/c1-13(5-2-3-8-15-16-13)6-11-17-10-4-7-14-9-12-17/h14-16H,2-12H2,1H3. The zero-order chi connectivity index (χ0) is 12.0. The van der Waals surface area contributed by atoms with Gasteiger partial charge in [-0.3, -0.25) is 10.9 Å². The Kier molecular flexibility index (Phi) is 5.22. The van der Waals surface area contributed by atoms with Crippen molar-refractivity contribution in [3.63, 3.8) is 0 Å². The molecule has 2 rings (SSSR count). The zero-order valence-corrected chi connectivity index (χ0v) is 11.2. The highest BCUT2D eigenvalue weighted by Gasteiger charge is 2.25. The summed E-state index contributed by atoms with van der Waals surface area (Å²) < 4.78 is 0. The summed E-state index contributed by atoms with van der Waals surface area (Å²) in [6.07, 6.45) is 6.49. The third-order valence-corrected chi connectivity index (χ3v) is 4.08. The van der Waals surface area contributed by atoms with Crippen molar-refractivity contribution in [2.24, 2.45) is 0 Å². The highest BCUT2D eigenvalue weighted by atomic mass is 15.4. The third kappa shape index (κ3) is 4.54. The SMILES string of the molecule is CC1(CCN2CCCNCC2)CCCCNN1. The zero-order valence-electron chi connectivity index (χ0n) is 11.2. The molecule has 1 atom stereocenters. The summed E-state index contributed by atoms with van der Waals surface area (Å²) in [5.74, 6) is 0. The van der Waals surface area contributed by atoms with E-state index in [1.54, 1.807) is 0 Å². The molecule has 4 nitrogen and oxygen atoms in total. The molecule has 4 heteroatoms. The van der Waals surface area contributed by atoms with Gasteiger partial charge in [-0.05, 0) is 52.2 Å². The van der Waals surface area contributed by atoms with Crippen LogP contribution < -0.4 is 16.2 Å². The number of nitrogens with zero attached hydrogens (tertiary/aromatic N) is 1. The fourth-order valence-electron chi connectivity index (χ4n) is 2.78. The Morgan fingerprint density at radius 1 is 1.06 bits per heavy atom. The van der Waals surface area contributed by atoms with E-state index in [0.717, 1.165) is 13.1 Å². The van der Waals surface area contributed by atoms with Gasteiger partial charge in [0.15, 0.2) is 0 Å². The van der Waals surface area contributed by atoms with Gasteiger partial charge in [0.25, 0.3) is 0 Å². The summed E-state index contributed by atoms with van der Waals surface area (Å²) in [6.45, 7) is 9.52. The van der Waals surface area contributed by atoms with Gasteiger partial charge >= 0.3 is 0 Å². The van der Waals surface area contributed by atoms with Gasteiger partial charge in [0.1, 0.15) is 0 Å². The lowest BCUT2D eigenvalue weighted by Gasteiger charge is -2.32. The van der Waals surface area contributed by atoms with Gasteiger partial charge in [-0.15, -0.1) is 0 Å². The van der Waals surface area contributed by atoms with Crippen LogP contribution in [0.1, 0.15) is 39.0 Å². The van der Waals surface area contributed by atoms with E-state index in [0.29, 0.717) is 0 Å². The van der Waals surface area contributed by atoms with Gasteiger partial charge in [-0.25, -0.2) is 0 Å². The first kappa shape index (κ1) is 13.3. The van der Waals surface area contributed by atoms with Crippen molar-refractivity contribution in [3.8, 4) is 0 Å². The second-order valence-corrected chi connectivity index (χ2v) is 5.76. The quantitative estimate of drug-likeness (QED) is 0.679. The Balaban J connectivity index is 1.74. The number of hydrogen-bond acceptors (Lipinski definition) is 4. The largest absolute Gasteiger partial charge is 0.315 e. The van der Waals surface area contributed by atoms with Crippen LogP contribution in [0.3, 0.4) is 0 Å². The molecule has 1 unspecified atom stereocenters. The first-order valence-electron chi connectivity index (χ1n) is 7.22. The fraction of sp³-hybridized carbons (Fsp3) is 1.00. The van der Waals surface area contributed by atoms with Gasteiger partial charge < -0.3 is 10.2 Å². The molecule has 0 radical (unpaired) electrons. The van der Waals surface area contributed by atoms with E-state index in [9.17, 15) is 0 Å². The predicted molar refractivity (Wildman–Crippen MR) is 71.9 cm³/mol. The molecule has 0 saturated carbocycles. The van der Waals surface area contributed by atoms with E-state index in [-0.39, 0.29) is 5.54 Å². The summed E-state index contributed by atoms with van der Waals surface area (Å²) in [7, 11) is 0. The number of nitrogens with one attached hydrogen (secondary N) is 3. The minimum atomic E-state index is 0.288. The smallest absolute Gasteiger partial charge is 0.0307 e. The molecule has 2 fully saturated rings. The van der Waals surface area contributed by atoms with Crippen LogP contribution in [0.4, 0.5) is 0 Å². The molecule has 0 amide bonds. The van der Waals surface area contributed by atoms with Crippen LogP contribution >= 0.6 is 0 Å². The van der Waals surface area contributed by atoms with E-state index >= 15 is 0 Å². The van der Waals surface area contributed by atoms with E-state index < -0.39 is 0 Å². The van der Waals surface area contributed by atoms with Gasteiger partial charge in [0.2, 0.25) is 0 Å². The summed E-state index contributed by atoms with van der Waals surface area (Å²) >= 11 is 0. The average Bonchev–Trinajstić information content (AvgIpc) is 2.69. The maximum absolute atomic E-state index is 3.52. The first-order chi connectivity index (χ1) is 8.29. The Hall–Kier alpha value is -0.160. The maximum atomic E-state index is 3.52. The molecule has 0 aromatic carbocycles. The van der Waals surface area contributed by atoms with Crippen molar-refractivity contribution in [2.75, 3.05) is 39.3 Å². The van der Waals surface area contributed by atoms with Crippen LogP contribution in [-0.2, 0) is 0 Å². The van der Waals surface area contributed by atoms with Crippen LogP contribution in [0.5, 0.6) is 0 Å². The fourth-order valence-corrected chi connectivity index (χ4v) is 2.78. The molecule has 0 aromatic heterocycles. The average molecular weight is 240 g/mol. The van der Waals surface area contributed by atoms with Crippen LogP contribution in [0.15, 0.2) is 0 Å². The number of rotatable bonds is 3. The van der Waals surface area contributed by atoms with Crippen molar-refractivity contribution < 1.29 is 0 Å². The first-order valence-corrected chi connectivity index (χ1v) is 7.22. The highest BCUT2D eigenvalue weighted by Crippen LogP contribution is 2.20. The molecule has 0 bridgehead atoms. The lowest BCUT2D eigenvalue weighted by Crippen LogP contribution is -2.50. The van der Waals surface area contributed by atoms with Crippen molar-refractivity contribution in [2.45, 2.75) is 44.6 Å². The Bertz CT molecular complexity index is 203. The molecular weight excluding hydrogens is 212 g/mol. The summed E-state index contributed by atoms with van der Waals surface area (Å²) in [6, 6.07) is 0. The summed E-state index contributed by atoms with van der Waals surface area (Å²) in [5.41, 5.74) is 7.17. The van der Waals surface area contributed by atoms with Gasteiger partial charge in [-0.2, -0.15) is 0 Å². The van der Waals surface area contributed by atoms with Crippen LogP contribution in [-0.4, -0.2) is 49.7 Å². The normalized spacial score (nSPS) is 33.0. The predicted octanol–water partition coefficient (Wildman–Crippen LogP) is 0.709. The van der Waals surface area contributed by atoms with E-state index in [4.69, 9.17) is 0 Å². The molecule has 2 heterocycles. The highest BCUT2D eigenvalue weighted by molar-refractivity contribution is 4.84. The number of hydrazine groups is 1. The molecule has 0 aromatic rings. The molecule has 100 valence electrons. The Labute approximate surface area is 105 Å². The van der Waals surface area contributed by atoms with Crippen LogP contribution in [0, 0.1) is 0 Å². The maximum Gasteiger partial charge on any atom is 0.0307 e. The lowest BCUT2D eigenvalue weighted by atomic mass is 9.92. The third-order valence-electron chi connectivity index (χ3n) is 4.08. The van der Waals surface area contributed by atoms with Crippen molar-refractivity contribution in [1.29, 1.82) is 0 Å². The minimum absolute atomic E-state index is 0.288. The molecule has 0 aliphatic carbocycles. The Morgan fingerprint density at radius 2 is 2.00 bits per heavy atom. The minimum Gasteiger partial charge on any atom is -0.315 e. The van der Waals surface area contributed by atoms with E-state index in [1.807, 2.05) is 0 Å². The van der Waals surface area contributed by atoms with Crippen LogP contribution in [0.2, 0.25) is 0 Å². The molecule has 2 aliphatic rings. The molecule has 2 saturated heterocycles. The van der Waals surface area contributed by atoms with E-state index in [1.165, 1.54) is 58.3 Å². The summed E-state index contributed by atoms with van der Waals surface area (Å²) in [5, 5.41) is 3.47. The number of hydrogen-bond donors (Lipinski definition) is 3. The monoisotopic (exact) mass is 240 g/mol. The Morgan fingerprint density at radius 3 is 2.94 bits per heavy atom. The molecule has 17 heavy (non-hydrogen) atoms. The van der Waals surface area contributed by atoms with Gasteiger partial charge in [-0.1, -0.05) is 6.42 Å². The molecule has 0 spiro atoms. The van der Waals surface area contributed by atoms with Crippen molar-refractivity contribution in [3.05, 3.63) is 0 Å². The molecular formula is C13H28N4. The van der Waals surface area contributed by atoms with Crippen LogP contribution in [0.25, 0.3) is 0 Å². The second kappa shape index (κ2) is 6.69. The molecule has 3 N–H and O–H groups in total. The summed E-state index contributed by atoms with van der Waals surface area (Å²) in [4.78, 5) is 2.61. The lowest BCUT2D eigenvalue weighted by molar-refractivity contribution is 0.217. The van der Waals surface area contributed by atoms with Crippen molar-refractivity contribution >= 4 is 0 Å². The molecule has 2 aliphatic heterocycles. The topological polar surface area (TPSA) is 39.3 Å². The van der Waals surface area contributed by atoms with Gasteiger partial charge in [0.05, 0.1) is 0 Å². The second-order valence-electron chi connectivity index (χ2n) is 5.76. The van der Waals surface area contributed by atoms with E-state index in [2.05, 4.69) is 28.0 Å². The van der Waals surface area contributed by atoms with Crippen molar-refractivity contribution in [1.82, 2.24) is 21.1 Å².